The van der Waals surface area contributed by atoms with E-state index in [2.05, 4.69) is 188 Å². The molecule has 0 spiro atoms. The van der Waals surface area contributed by atoms with Gasteiger partial charge in [0.05, 0.1) is 5.41 Å². The predicted octanol–water partition coefficient (Wildman–Crippen LogP) is 13.3. The minimum Gasteiger partial charge on any atom is -0.456 e. The molecule has 11 rings (SSSR count). The summed E-state index contributed by atoms with van der Waals surface area (Å²) in [5.41, 5.74) is 13.5. The van der Waals surface area contributed by atoms with Gasteiger partial charge in [0.1, 0.15) is 11.3 Å². The molecular formula is C54H35N3O. The highest BCUT2D eigenvalue weighted by molar-refractivity contribution is 5.94. The Morgan fingerprint density at radius 1 is 0.345 bits per heavy atom. The average Bonchev–Trinajstić information content (AvgIpc) is 3.88. The van der Waals surface area contributed by atoms with E-state index in [1.165, 1.54) is 27.8 Å². The maximum Gasteiger partial charge on any atom is 0.164 e. The first-order chi connectivity index (χ1) is 28.7. The predicted molar refractivity (Wildman–Crippen MR) is 234 cm³/mol. The van der Waals surface area contributed by atoms with Gasteiger partial charge < -0.3 is 4.42 Å². The molecule has 272 valence electrons. The largest absolute Gasteiger partial charge is 0.456 e. The van der Waals surface area contributed by atoms with E-state index in [1.54, 1.807) is 0 Å². The van der Waals surface area contributed by atoms with Crippen LogP contribution in [0, 0.1) is 0 Å². The first-order valence-electron chi connectivity index (χ1n) is 19.6. The monoisotopic (exact) mass is 741 g/mol. The van der Waals surface area contributed by atoms with Crippen LogP contribution in [0.4, 0.5) is 0 Å². The second-order valence-corrected chi connectivity index (χ2v) is 14.7. The van der Waals surface area contributed by atoms with Crippen molar-refractivity contribution in [3.63, 3.8) is 0 Å². The Morgan fingerprint density at radius 2 is 0.879 bits per heavy atom. The second-order valence-electron chi connectivity index (χ2n) is 14.7. The molecule has 4 heteroatoms. The van der Waals surface area contributed by atoms with Crippen molar-refractivity contribution < 1.29 is 4.42 Å². The molecule has 0 radical (unpaired) electrons. The fourth-order valence-corrected chi connectivity index (χ4v) is 8.81. The Morgan fingerprint density at radius 3 is 1.62 bits per heavy atom. The van der Waals surface area contributed by atoms with Gasteiger partial charge in [-0.3, -0.25) is 0 Å². The molecule has 1 aliphatic carbocycles. The summed E-state index contributed by atoms with van der Waals surface area (Å²) in [5.74, 6) is 2.65. The zero-order chi connectivity index (χ0) is 38.5. The van der Waals surface area contributed by atoms with Gasteiger partial charge in [-0.15, -0.1) is 0 Å². The van der Waals surface area contributed by atoms with E-state index >= 15 is 0 Å². The highest BCUT2D eigenvalue weighted by Gasteiger charge is 2.47. The zero-order valence-electron chi connectivity index (χ0n) is 31.5. The molecule has 0 saturated heterocycles. The number of rotatable bonds is 7. The normalized spacial score (nSPS) is 12.6. The topological polar surface area (TPSA) is 51.8 Å². The van der Waals surface area contributed by atoms with Crippen molar-refractivity contribution >= 4 is 11.0 Å². The Labute approximate surface area is 336 Å². The van der Waals surface area contributed by atoms with Crippen LogP contribution in [0.25, 0.3) is 78.7 Å². The summed E-state index contributed by atoms with van der Waals surface area (Å²) in [4.78, 5) is 15.8. The number of hydrogen-bond donors (Lipinski definition) is 0. The highest BCUT2D eigenvalue weighted by Crippen LogP contribution is 2.58. The molecule has 0 bridgehead atoms. The number of benzene rings is 8. The number of furan rings is 1. The first-order valence-corrected chi connectivity index (χ1v) is 19.6. The van der Waals surface area contributed by atoms with Crippen molar-refractivity contribution in [2.75, 3.05) is 0 Å². The summed E-state index contributed by atoms with van der Waals surface area (Å²) in [6, 6.07) is 74.5. The van der Waals surface area contributed by atoms with Crippen LogP contribution in [0.3, 0.4) is 0 Å². The SMILES string of the molecule is c1ccc(-c2cccc(-c3nc(-c4ccc(-c5cc6ccccc6o5)cc4)nc(-c4cccc5c4-c4ccccc4C5(c4ccccc4)c4ccccc4)n3)c2)cc1. The van der Waals surface area contributed by atoms with Gasteiger partial charge in [0.15, 0.2) is 17.5 Å². The third-order valence-corrected chi connectivity index (χ3v) is 11.4. The van der Waals surface area contributed by atoms with Crippen LogP contribution in [0.15, 0.2) is 217 Å². The minimum absolute atomic E-state index is 0.542. The van der Waals surface area contributed by atoms with E-state index in [0.29, 0.717) is 17.5 Å². The van der Waals surface area contributed by atoms with Crippen molar-refractivity contribution in [3.05, 3.63) is 235 Å². The minimum atomic E-state index is -0.542. The fourth-order valence-electron chi connectivity index (χ4n) is 8.81. The highest BCUT2D eigenvalue weighted by atomic mass is 16.3. The molecule has 0 saturated carbocycles. The summed E-state index contributed by atoms with van der Waals surface area (Å²) >= 11 is 0. The number of nitrogens with zero attached hydrogens (tertiary/aromatic N) is 3. The lowest BCUT2D eigenvalue weighted by Gasteiger charge is -2.33. The average molecular weight is 742 g/mol. The quantitative estimate of drug-likeness (QED) is 0.163. The van der Waals surface area contributed by atoms with Crippen molar-refractivity contribution in [1.82, 2.24) is 15.0 Å². The molecule has 0 aliphatic heterocycles. The van der Waals surface area contributed by atoms with Gasteiger partial charge in [0.25, 0.3) is 0 Å². The summed E-state index contributed by atoms with van der Waals surface area (Å²) in [6.07, 6.45) is 0. The lowest BCUT2D eigenvalue weighted by molar-refractivity contribution is 0.631. The Kier molecular flexibility index (Phi) is 8.00. The molecular weight excluding hydrogens is 707 g/mol. The first kappa shape index (κ1) is 33.6. The van der Waals surface area contributed by atoms with Crippen LogP contribution in [-0.4, -0.2) is 15.0 Å². The summed E-state index contributed by atoms with van der Waals surface area (Å²) < 4.78 is 6.21. The standard InChI is InChI=1S/C54H35N3O/c1-4-16-36(17-5-1)39-19-14-20-41(34-39)52-55-51(38-32-30-37(31-33-38)49-35-40-18-10-13-29-48(40)58-49)56-53(57-52)45-26-15-28-47-50(45)44-25-11-12-27-46(44)54(47,42-21-6-2-7-22-42)43-23-8-3-9-24-43/h1-35H. The van der Waals surface area contributed by atoms with Gasteiger partial charge in [-0.2, -0.15) is 0 Å². The van der Waals surface area contributed by atoms with Gasteiger partial charge in [0, 0.05) is 27.6 Å². The molecule has 0 atom stereocenters. The number of aromatic nitrogens is 3. The fraction of sp³-hybridized carbons (Fsp3) is 0.0185. The molecule has 0 fully saturated rings. The third-order valence-electron chi connectivity index (χ3n) is 11.4. The maximum atomic E-state index is 6.21. The van der Waals surface area contributed by atoms with E-state index < -0.39 is 5.41 Å². The van der Waals surface area contributed by atoms with Crippen LogP contribution in [0.5, 0.6) is 0 Å². The molecule has 58 heavy (non-hydrogen) atoms. The van der Waals surface area contributed by atoms with Crippen molar-refractivity contribution in [2.24, 2.45) is 0 Å². The Bertz CT molecular complexity index is 3030. The van der Waals surface area contributed by atoms with Crippen LogP contribution in [0.1, 0.15) is 22.3 Å². The van der Waals surface area contributed by atoms with E-state index in [-0.39, 0.29) is 0 Å². The van der Waals surface area contributed by atoms with Crippen LogP contribution in [-0.2, 0) is 5.41 Å². The Hall–Kier alpha value is -7.69. The molecule has 4 nitrogen and oxygen atoms in total. The van der Waals surface area contributed by atoms with E-state index in [0.717, 1.165) is 55.7 Å². The van der Waals surface area contributed by atoms with Gasteiger partial charge in [-0.1, -0.05) is 194 Å². The molecule has 2 heterocycles. The van der Waals surface area contributed by atoms with E-state index in [4.69, 9.17) is 19.4 Å². The number of fused-ring (bicyclic) bond motifs is 4. The van der Waals surface area contributed by atoms with E-state index in [1.807, 2.05) is 24.3 Å². The number of hydrogen-bond acceptors (Lipinski definition) is 4. The van der Waals surface area contributed by atoms with Crippen molar-refractivity contribution in [1.29, 1.82) is 0 Å². The van der Waals surface area contributed by atoms with Gasteiger partial charge in [-0.05, 0) is 62.7 Å². The molecule has 1 aliphatic rings. The summed E-state index contributed by atoms with van der Waals surface area (Å²) in [5, 5.41) is 1.08. The molecule has 0 unspecified atom stereocenters. The molecule has 10 aromatic rings. The van der Waals surface area contributed by atoms with Gasteiger partial charge in [0.2, 0.25) is 0 Å². The molecule has 8 aromatic carbocycles. The van der Waals surface area contributed by atoms with E-state index in [9.17, 15) is 0 Å². The summed E-state index contributed by atoms with van der Waals surface area (Å²) in [7, 11) is 0. The smallest absolute Gasteiger partial charge is 0.164 e. The van der Waals surface area contributed by atoms with Crippen LogP contribution < -0.4 is 0 Å². The lowest BCUT2D eigenvalue weighted by atomic mass is 9.67. The van der Waals surface area contributed by atoms with Crippen LogP contribution in [0.2, 0.25) is 0 Å². The summed E-state index contributed by atoms with van der Waals surface area (Å²) in [6.45, 7) is 0. The van der Waals surface area contributed by atoms with Crippen LogP contribution >= 0.6 is 0 Å². The van der Waals surface area contributed by atoms with Crippen molar-refractivity contribution in [3.8, 4) is 67.7 Å². The number of para-hydroxylation sites is 1. The molecule has 0 N–H and O–H groups in total. The molecule has 2 aromatic heterocycles. The van der Waals surface area contributed by atoms with Gasteiger partial charge in [-0.25, -0.2) is 15.0 Å². The maximum absolute atomic E-state index is 6.21. The third kappa shape index (κ3) is 5.49. The Balaban J connectivity index is 1.13. The molecule has 0 amide bonds. The lowest BCUT2D eigenvalue weighted by Crippen LogP contribution is -2.28. The zero-order valence-corrected chi connectivity index (χ0v) is 31.5. The van der Waals surface area contributed by atoms with Gasteiger partial charge >= 0.3 is 0 Å². The second kappa shape index (κ2) is 13.8. The van der Waals surface area contributed by atoms with Crippen molar-refractivity contribution in [2.45, 2.75) is 5.41 Å².